The highest BCUT2D eigenvalue weighted by Crippen LogP contribution is 2.07. The van der Waals surface area contributed by atoms with Gasteiger partial charge in [0, 0.05) is 0 Å². The Bertz CT molecular complexity index is 320. The molecule has 104 valence electrons. The second kappa shape index (κ2) is 6.95. The van der Waals surface area contributed by atoms with Crippen molar-refractivity contribution < 1.29 is 33.8 Å². The van der Waals surface area contributed by atoms with Gasteiger partial charge in [-0.05, 0) is 0 Å². The zero-order valence-corrected chi connectivity index (χ0v) is 10.9. The third kappa shape index (κ3) is 9.59. The highest BCUT2D eigenvalue weighted by atomic mass is 16.5. The molecule has 0 saturated heterocycles. The Kier molecular flexibility index (Phi) is 6.32. The third-order valence-corrected chi connectivity index (χ3v) is 1.99. The van der Waals surface area contributed by atoms with Gasteiger partial charge in [-0.1, -0.05) is 0 Å². The van der Waals surface area contributed by atoms with Crippen LogP contribution in [-0.2, 0) is 19.1 Å². The molecule has 0 amide bonds. The minimum Gasteiger partial charge on any atom is -0.481 e. The Morgan fingerprint density at radius 2 is 1.61 bits per heavy atom. The first-order valence-corrected chi connectivity index (χ1v) is 5.53. The van der Waals surface area contributed by atoms with E-state index in [4.69, 9.17) is 14.9 Å². The van der Waals surface area contributed by atoms with E-state index in [2.05, 4.69) is 0 Å². The Balaban J connectivity index is 4.35. The number of hydrogen-bond acceptors (Lipinski definition) is 4. The molecule has 2 N–H and O–H groups in total. The molecule has 7 heteroatoms. The quantitative estimate of drug-likeness (QED) is 0.469. The topological polar surface area (TPSA) is 101 Å². The van der Waals surface area contributed by atoms with Gasteiger partial charge in [-0.2, -0.15) is 0 Å². The predicted molar refractivity (Wildman–Crippen MR) is 61.9 cm³/mol. The van der Waals surface area contributed by atoms with Gasteiger partial charge in [0.05, 0.1) is 40.4 Å². The normalized spacial score (nSPS) is 12.8. The Morgan fingerprint density at radius 1 is 1.06 bits per heavy atom. The van der Waals surface area contributed by atoms with Crippen LogP contribution in [0.1, 0.15) is 19.3 Å². The molecule has 0 aliphatic carbocycles. The lowest BCUT2D eigenvalue weighted by atomic mass is 10.2. The van der Waals surface area contributed by atoms with Crippen molar-refractivity contribution in [2.75, 3.05) is 27.7 Å². The number of carbonyl (C=O) groups is 3. The number of rotatable bonds is 8. The zero-order valence-electron chi connectivity index (χ0n) is 10.9. The molecule has 0 aliphatic heterocycles. The van der Waals surface area contributed by atoms with Crippen LogP contribution in [0, 0.1) is 0 Å². The van der Waals surface area contributed by atoms with Crippen LogP contribution in [0.3, 0.4) is 0 Å². The van der Waals surface area contributed by atoms with E-state index in [9.17, 15) is 14.4 Å². The summed E-state index contributed by atoms with van der Waals surface area (Å²) in [5.41, 5.74) is 0. The monoisotopic (exact) mass is 262 g/mol. The number of hydrogen-bond donors (Lipinski definition) is 2. The van der Waals surface area contributed by atoms with E-state index in [-0.39, 0.29) is 19.3 Å². The number of carboxylic acids is 2. The van der Waals surface area contributed by atoms with Gasteiger partial charge >= 0.3 is 17.9 Å². The SMILES string of the molecule is C[N+](C)(C)CC(CC(=O)O)OC(=O)CCC(=O)O. The van der Waals surface area contributed by atoms with Gasteiger partial charge in [-0.25, -0.2) is 0 Å². The van der Waals surface area contributed by atoms with Crippen molar-refractivity contribution >= 4 is 17.9 Å². The Hall–Kier alpha value is -1.63. The van der Waals surface area contributed by atoms with Gasteiger partial charge in [0.1, 0.15) is 6.54 Å². The maximum Gasteiger partial charge on any atom is 0.307 e. The summed E-state index contributed by atoms with van der Waals surface area (Å²) in [6.45, 7) is 0.352. The molecule has 0 heterocycles. The standard InChI is InChI=1S/C11H19NO6/c1-12(2,3)7-8(6-10(15)16)18-11(17)5-4-9(13)14/h8H,4-7H2,1-3H3,(H-,13,14,15,16)/p+1. The van der Waals surface area contributed by atoms with Crippen molar-refractivity contribution in [2.45, 2.75) is 25.4 Å². The van der Waals surface area contributed by atoms with Crippen LogP contribution < -0.4 is 0 Å². The van der Waals surface area contributed by atoms with Crippen LogP contribution in [0.5, 0.6) is 0 Å². The largest absolute Gasteiger partial charge is 0.481 e. The van der Waals surface area contributed by atoms with Crippen molar-refractivity contribution in [3.8, 4) is 0 Å². The van der Waals surface area contributed by atoms with Gasteiger partial charge in [0.15, 0.2) is 6.10 Å². The van der Waals surface area contributed by atoms with Crippen LogP contribution in [-0.4, -0.2) is 66.4 Å². The van der Waals surface area contributed by atoms with Crippen LogP contribution in [0.4, 0.5) is 0 Å². The molecule has 7 nitrogen and oxygen atoms in total. The highest BCUT2D eigenvalue weighted by Gasteiger charge is 2.24. The van der Waals surface area contributed by atoms with E-state index < -0.39 is 24.0 Å². The first-order chi connectivity index (χ1) is 8.10. The summed E-state index contributed by atoms with van der Waals surface area (Å²) in [5.74, 6) is -2.83. The molecule has 1 unspecified atom stereocenters. The second-order valence-electron chi connectivity index (χ2n) is 5.08. The van der Waals surface area contributed by atoms with E-state index in [1.165, 1.54) is 0 Å². The molecule has 0 saturated carbocycles. The average Bonchev–Trinajstić information content (AvgIpc) is 2.10. The molecule has 0 aromatic carbocycles. The maximum atomic E-state index is 11.3. The number of carboxylic acid groups (broad SMARTS) is 2. The number of quaternary nitrogens is 1. The van der Waals surface area contributed by atoms with Gasteiger partial charge in [0.25, 0.3) is 0 Å². The summed E-state index contributed by atoms with van der Waals surface area (Å²) in [6.07, 6.45) is -1.59. The van der Waals surface area contributed by atoms with Crippen LogP contribution in [0.15, 0.2) is 0 Å². The zero-order chi connectivity index (χ0) is 14.3. The molecular formula is C11H20NO6+. The van der Waals surface area contributed by atoms with E-state index in [0.29, 0.717) is 11.0 Å². The number of carbonyl (C=O) groups excluding carboxylic acids is 1. The minimum atomic E-state index is -1.09. The molecule has 0 aliphatic rings. The number of esters is 1. The minimum absolute atomic E-state index is 0.247. The summed E-state index contributed by atoms with van der Waals surface area (Å²) in [6, 6.07) is 0. The number of ether oxygens (including phenoxy) is 1. The molecule has 0 spiro atoms. The molecule has 1 atom stereocenters. The first kappa shape index (κ1) is 16.4. The predicted octanol–water partition coefficient (Wildman–Crippen LogP) is -0.0561. The lowest BCUT2D eigenvalue weighted by Crippen LogP contribution is -2.43. The van der Waals surface area contributed by atoms with E-state index in [1.54, 1.807) is 0 Å². The summed E-state index contributed by atoms with van der Waals surface area (Å²) in [4.78, 5) is 32.3. The van der Waals surface area contributed by atoms with Gasteiger partial charge in [0.2, 0.25) is 0 Å². The summed E-state index contributed by atoms with van der Waals surface area (Å²) in [7, 11) is 5.54. The van der Waals surface area contributed by atoms with Crippen molar-refractivity contribution in [1.82, 2.24) is 0 Å². The summed E-state index contributed by atoms with van der Waals surface area (Å²) < 4.78 is 5.44. The van der Waals surface area contributed by atoms with Crippen LogP contribution in [0.25, 0.3) is 0 Å². The van der Waals surface area contributed by atoms with Crippen LogP contribution in [0.2, 0.25) is 0 Å². The van der Waals surface area contributed by atoms with Crippen LogP contribution >= 0.6 is 0 Å². The molecule has 0 fully saturated rings. The van der Waals surface area contributed by atoms with Gasteiger partial charge in [-0.15, -0.1) is 0 Å². The average molecular weight is 262 g/mol. The molecular weight excluding hydrogens is 242 g/mol. The van der Waals surface area contributed by atoms with Crippen molar-refractivity contribution in [3.63, 3.8) is 0 Å². The highest BCUT2D eigenvalue weighted by molar-refractivity contribution is 5.77. The van der Waals surface area contributed by atoms with Crippen molar-refractivity contribution in [2.24, 2.45) is 0 Å². The smallest absolute Gasteiger partial charge is 0.307 e. The van der Waals surface area contributed by atoms with Gasteiger partial charge in [-0.3, -0.25) is 14.4 Å². The summed E-state index contributed by atoms with van der Waals surface area (Å²) >= 11 is 0. The molecule has 0 rings (SSSR count). The Morgan fingerprint density at radius 3 is 2.00 bits per heavy atom. The maximum absolute atomic E-state index is 11.3. The first-order valence-electron chi connectivity index (χ1n) is 5.53. The molecule has 0 aromatic heterocycles. The molecule has 0 radical (unpaired) electrons. The van der Waals surface area contributed by atoms with Gasteiger partial charge < -0.3 is 19.4 Å². The lowest BCUT2D eigenvalue weighted by Gasteiger charge is -2.28. The van der Waals surface area contributed by atoms with Crippen molar-refractivity contribution in [1.29, 1.82) is 0 Å². The van der Waals surface area contributed by atoms with E-state index >= 15 is 0 Å². The number of likely N-dealkylation sites (N-methyl/N-ethyl adjacent to an activating group) is 1. The molecule has 18 heavy (non-hydrogen) atoms. The number of aliphatic carboxylic acids is 2. The van der Waals surface area contributed by atoms with E-state index in [1.807, 2.05) is 21.1 Å². The fourth-order valence-electron chi connectivity index (χ4n) is 1.40. The number of nitrogens with zero attached hydrogens (tertiary/aromatic N) is 1. The lowest BCUT2D eigenvalue weighted by molar-refractivity contribution is -0.873. The molecule has 0 bridgehead atoms. The van der Waals surface area contributed by atoms with E-state index in [0.717, 1.165) is 0 Å². The fraction of sp³-hybridized carbons (Fsp3) is 0.727. The Labute approximate surface area is 106 Å². The second-order valence-corrected chi connectivity index (χ2v) is 5.08. The third-order valence-electron chi connectivity index (χ3n) is 1.99. The molecule has 0 aromatic rings. The van der Waals surface area contributed by atoms with Crippen molar-refractivity contribution in [3.05, 3.63) is 0 Å². The summed E-state index contributed by atoms with van der Waals surface area (Å²) in [5, 5.41) is 17.1. The fourth-order valence-corrected chi connectivity index (χ4v) is 1.40.